The summed E-state index contributed by atoms with van der Waals surface area (Å²) >= 11 is 0. The summed E-state index contributed by atoms with van der Waals surface area (Å²) in [6.45, 7) is 4.31. The van der Waals surface area contributed by atoms with E-state index in [1.165, 1.54) is 6.92 Å². The second-order valence-corrected chi connectivity index (χ2v) is 4.78. The molecule has 3 N–H and O–H groups in total. The number of aliphatic hydroxyl groups is 2. The molecule has 0 aromatic rings. The smallest absolute Gasteiger partial charge is 0.329 e. The average Bonchev–Trinajstić information content (AvgIpc) is 2.52. The summed E-state index contributed by atoms with van der Waals surface area (Å²) < 4.78 is 15.9. The van der Waals surface area contributed by atoms with E-state index in [0.29, 0.717) is 0 Å². The Morgan fingerprint density at radius 1 is 1.39 bits per heavy atom. The first-order valence-corrected chi connectivity index (χ1v) is 5.74. The maximum absolute atomic E-state index is 10.3. The molecule has 0 aromatic carbocycles. The van der Waals surface area contributed by atoms with Gasteiger partial charge in [0.15, 0.2) is 5.79 Å². The van der Waals surface area contributed by atoms with Crippen molar-refractivity contribution in [2.75, 3.05) is 13.2 Å². The number of carboxylic acid groups (broad SMARTS) is 1. The zero-order valence-corrected chi connectivity index (χ0v) is 10.7. The van der Waals surface area contributed by atoms with E-state index in [0.717, 1.165) is 0 Å². The quantitative estimate of drug-likeness (QED) is 0.585. The van der Waals surface area contributed by atoms with Crippen molar-refractivity contribution in [2.24, 2.45) is 0 Å². The zero-order valence-electron chi connectivity index (χ0n) is 10.7. The average molecular weight is 264 g/mol. The van der Waals surface area contributed by atoms with E-state index in [2.05, 4.69) is 0 Å². The van der Waals surface area contributed by atoms with E-state index in [-0.39, 0.29) is 6.61 Å². The molecule has 7 heteroatoms. The van der Waals surface area contributed by atoms with E-state index in [4.69, 9.17) is 19.3 Å². The number of ether oxygens (including phenoxy) is 3. The summed E-state index contributed by atoms with van der Waals surface area (Å²) in [5.41, 5.74) is 0. The van der Waals surface area contributed by atoms with E-state index >= 15 is 0 Å². The second kappa shape index (κ2) is 5.94. The van der Waals surface area contributed by atoms with Crippen LogP contribution < -0.4 is 0 Å². The lowest BCUT2D eigenvalue weighted by Crippen LogP contribution is -2.43. The lowest BCUT2D eigenvalue weighted by Gasteiger charge is -2.24. The van der Waals surface area contributed by atoms with Gasteiger partial charge in [-0.1, -0.05) is 0 Å². The van der Waals surface area contributed by atoms with Gasteiger partial charge in [0, 0.05) is 0 Å². The standard InChI is InChI=1S/C11H20O7/c1-6(12)9(15)10-7(4-16-5-8(13)14)17-11(2,3)18-10/h6-7,9-10,12,15H,4-5H2,1-3H3,(H,13,14)/t6?,7-,9?,10+/m1/s1. The lowest BCUT2D eigenvalue weighted by atomic mass is 10.0. The summed E-state index contributed by atoms with van der Waals surface area (Å²) in [5, 5.41) is 27.6. The van der Waals surface area contributed by atoms with Crippen LogP contribution in [0.1, 0.15) is 20.8 Å². The van der Waals surface area contributed by atoms with Crippen molar-refractivity contribution >= 4 is 5.97 Å². The molecular formula is C11H20O7. The van der Waals surface area contributed by atoms with E-state index < -0.39 is 42.8 Å². The van der Waals surface area contributed by atoms with Gasteiger partial charge in [-0.2, -0.15) is 0 Å². The minimum absolute atomic E-state index is 0.0236. The van der Waals surface area contributed by atoms with Crippen LogP contribution in [0.15, 0.2) is 0 Å². The fourth-order valence-corrected chi connectivity index (χ4v) is 1.82. The van der Waals surface area contributed by atoms with Gasteiger partial charge in [-0.05, 0) is 20.8 Å². The Hall–Kier alpha value is -0.730. The maximum Gasteiger partial charge on any atom is 0.329 e. The van der Waals surface area contributed by atoms with Crippen molar-refractivity contribution in [1.29, 1.82) is 0 Å². The molecule has 0 amide bonds. The van der Waals surface area contributed by atoms with Crippen LogP contribution in [0.5, 0.6) is 0 Å². The molecule has 0 radical (unpaired) electrons. The summed E-state index contributed by atoms with van der Waals surface area (Å²) in [7, 11) is 0. The molecule has 1 rings (SSSR count). The molecular weight excluding hydrogens is 244 g/mol. The van der Waals surface area contributed by atoms with Crippen molar-refractivity contribution in [3.63, 3.8) is 0 Å². The Morgan fingerprint density at radius 2 is 2.00 bits per heavy atom. The van der Waals surface area contributed by atoms with Gasteiger partial charge in [-0.25, -0.2) is 4.79 Å². The maximum atomic E-state index is 10.3. The SMILES string of the molecule is CC(O)C(O)[C@H]1OC(C)(C)O[C@@H]1COCC(=O)O. The fourth-order valence-electron chi connectivity index (χ4n) is 1.82. The van der Waals surface area contributed by atoms with Gasteiger partial charge in [0.1, 0.15) is 24.9 Å². The van der Waals surface area contributed by atoms with Crippen LogP contribution in [0.2, 0.25) is 0 Å². The molecule has 0 aromatic heterocycles. The normalized spacial score (nSPS) is 30.1. The molecule has 0 bridgehead atoms. The number of aliphatic hydroxyl groups excluding tert-OH is 2. The molecule has 106 valence electrons. The first-order valence-electron chi connectivity index (χ1n) is 5.74. The number of carboxylic acids is 1. The molecule has 1 aliphatic rings. The molecule has 0 aliphatic carbocycles. The topological polar surface area (TPSA) is 105 Å². The predicted molar refractivity (Wildman–Crippen MR) is 60.0 cm³/mol. The van der Waals surface area contributed by atoms with Gasteiger partial charge < -0.3 is 29.5 Å². The largest absolute Gasteiger partial charge is 0.480 e. The van der Waals surface area contributed by atoms with Crippen molar-refractivity contribution in [3.8, 4) is 0 Å². The molecule has 2 unspecified atom stereocenters. The zero-order chi connectivity index (χ0) is 13.9. The molecule has 1 heterocycles. The van der Waals surface area contributed by atoms with E-state index in [1.807, 2.05) is 0 Å². The highest BCUT2D eigenvalue weighted by atomic mass is 16.8. The van der Waals surface area contributed by atoms with Gasteiger partial charge in [-0.3, -0.25) is 0 Å². The van der Waals surface area contributed by atoms with Crippen molar-refractivity contribution in [1.82, 2.24) is 0 Å². The van der Waals surface area contributed by atoms with Gasteiger partial charge in [-0.15, -0.1) is 0 Å². The molecule has 18 heavy (non-hydrogen) atoms. The first-order chi connectivity index (χ1) is 8.23. The molecule has 1 aliphatic heterocycles. The summed E-state index contributed by atoms with van der Waals surface area (Å²) in [6.07, 6.45) is -3.47. The lowest BCUT2D eigenvalue weighted by molar-refractivity contribution is -0.163. The van der Waals surface area contributed by atoms with Crippen molar-refractivity contribution < 1.29 is 34.3 Å². The molecule has 7 nitrogen and oxygen atoms in total. The van der Waals surface area contributed by atoms with Crippen molar-refractivity contribution in [2.45, 2.75) is 51.0 Å². The third-order valence-electron chi connectivity index (χ3n) is 2.56. The highest BCUT2D eigenvalue weighted by Gasteiger charge is 2.46. The van der Waals surface area contributed by atoms with E-state index in [1.54, 1.807) is 13.8 Å². The minimum Gasteiger partial charge on any atom is -0.480 e. The monoisotopic (exact) mass is 264 g/mol. The first kappa shape index (κ1) is 15.3. The highest BCUT2D eigenvalue weighted by Crippen LogP contribution is 2.31. The third-order valence-corrected chi connectivity index (χ3v) is 2.56. The van der Waals surface area contributed by atoms with Crippen LogP contribution >= 0.6 is 0 Å². The van der Waals surface area contributed by atoms with E-state index in [9.17, 15) is 15.0 Å². The highest BCUT2D eigenvalue weighted by molar-refractivity contribution is 5.67. The Labute approximate surface area is 105 Å². The third kappa shape index (κ3) is 4.18. The van der Waals surface area contributed by atoms with Gasteiger partial charge in [0.2, 0.25) is 0 Å². The molecule has 4 atom stereocenters. The Morgan fingerprint density at radius 3 is 2.50 bits per heavy atom. The number of aliphatic carboxylic acids is 1. The van der Waals surface area contributed by atoms with Crippen LogP contribution in [0, 0.1) is 0 Å². The number of rotatable bonds is 6. The second-order valence-electron chi connectivity index (χ2n) is 4.78. The Kier molecular flexibility index (Phi) is 5.06. The van der Waals surface area contributed by atoms with Crippen LogP contribution in [0.25, 0.3) is 0 Å². The number of hydrogen-bond acceptors (Lipinski definition) is 6. The fraction of sp³-hybridized carbons (Fsp3) is 0.909. The van der Waals surface area contributed by atoms with Gasteiger partial charge >= 0.3 is 5.97 Å². The summed E-state index contributed by atoms with van der Waals surface area (Å²) in [6, 6.07) is 0. The summed E-state index contributed by atoms with van der Waals surface area (Å²) in [4.78, 5) is 10.3. The van der Waals surface area contributed by atoms with Crippen LogP contribution in [-0.4, -0.2) is 64.7 Å². The molecule has 0 spiro atoms. The Bertz CT molecular complexity index is 289. The number of hydrogen-bond donors (Lipinski definition) is 3. The van der Waals surface area contributed by atoms with Crippen molar-refractivity contribution in [3.05, 3.63) is 0 Å². The van der Waals surface area contributed by atoms with Crippen LogP contribution in [0.3, 0.4) is 0 Å². The Balaban J connectivity index is 2.59. The molecule has 1 saturated heterocycles. The van der Waals surface area contributed by atoms with Crippen LogP contribution in [-0.2, 0) is 19.0 Å². The predicted octanol–water partition coefficient (Wildman–Crippen LogP) is -0.651. The van der Waals surface area contributed by atoms with Gasteiger partial charge in [0.25, 0.3) is 0 Å². The molecule has 0 saturated carbocycles. The summed E-state index contributed by atoms with van der Waals surface area (Å²) in [5.74, 6) is -1.99. The van der Waals surface area contributed by atoms with Crippen LogP contribution in [0.4, 0.5) is 0 Å². The number of carbonyl (C=O) groups is 1. The minimum atomic E-state index is -1.12. The van der Waals surface area contributed by atoms with Gasteiger partial charge in [0.05, 0.1) is 12.7 Å². The molecule has 1 fully saturated rings.